The van der Waals surface area contributed by atoms with Crippen LogP contribution in [0.2, 0.25) is 5.02 Å². The van der Waals surface area contributed by atoms with Gasteiger partial charge in [-0.25, -0.2) is 0 Å². The van der Waals surface area contributed by atoms with Gasteiger partial charge in [0.15, 0.2) is 0 Å². The molecular formula is C22H22ClN3O2S. The summed E-state index contributed by atoms with van der Waals surface area (Å²) < 4.78 is 0. The summed E-state index contributed by atoms with van der Waals surface area (Å²) >= 11 is 7.88. The Hall–Kier alpha value is -2.28. The third-order valence-corrected chi connectivity index (χ3v) is 6.30. The molecule has 2 amide bonds. The second-order valence-corrected chi connectivity index (χ2v) is 8.53. The quantitative estimate of drug-likeness (QED) is 0.298. The molecule has 150 valence electrons. The summed E-state index contributed by atoms with van der Waals surface area (Å²) in [5, 5.41) is 5.33. The smallest absolute Gasteiger partial charge is 0.261 e. The number of hydrogen-bond acceptors (Lipinski definition) is 4. The number of nitrogens with zero attached hydrogens (tertiary/aromatic N) is 1. The number of halogens is 1. The molecule has 1 aliphatic heterocycles. The van der Waals surface area contributed by atoms with Crippen molar-refractivity contribution in [2.75, 3.05) is 25.4 Å². The molecule has 3 aromatic rings. The summed E-state index contributed by atoms with van der Waals surface area (Å²) in [5.41, 5.74) is 2.13. The van der Waals surface area contributed by atoms with Crippen molar-refractivity contribution < 1.29 is 9.59 Å². The summed E-state index contributed by atoms with van der Waals surface area (Å²) in [6.07, 6.45) is 3.74. The van der Waals surface area contributed by atoms with Gasteiger partial charge in [-0.2, -0.15) is 0 Å². The Bertz CT molecular complexity index is 1010. The van der Waals surface area contributed by atoms with Crippen molar-refractivity contribution in [3.63, 3.8) is 0 Å². The average Bonchev–Trinajstić information content (AvgIpc) is 3.23. The highest BCUT2D eigenvalue weighted by atomic mass is 35.5. The van der Waals surface area contributed by atoms with E-state index in [1.807, 2.05) is 24.4 Å². The Labute approximate surface area is 178 Å². The maximum absolute atomic E-state index is 12.3. The number of thioether (sulfide) groups is 1. The Kier molecular flexibility index (Phi) is 6.23. The summed E-state index contributed by atoms with van der Waals surface area (Å²) in [7, 11) is 0. The van der Waals surface area contributed by atoms with Crippen molar-refractivity contribution in [3.05, 3.63) is 64.8 Å². The molecule has 0 unspecified atom stereocenters. The fourth-order valence-corrected chi connectivity index (χ4v) is 4.61. The maximum Gasteiger partial charge on any atom is 0.261 e. The predicted molar refractivity (Wildman–Crippen MR) is 118 cm³/mol. The largest absolute Gasteiger partial charge is 0.360 e. The van der Waals surface area contributed by atoms with E-state index in [0.717, 1.165) is 47.6 Å². The zero-order valence-corrected chi connectivity index (χ0v) is 17.5. The number of amides is 2. The minimum Gasteiger partial charge on any atom is -0.360 e. The maximum atomic E-state index is 12.3. The Balaban J connectivity index is 1.14. The molecule has 0 atom stereocenters. The molecule has 7 heteroatoms. The number of nitrogens with one attached hydrogen (secondary N) is 2. The summed E-state index contributed by atoms with van der Waals surface area (Å²) in [6.45, 7) is 2.23. The predicted octanol–water partition coefficient (Wildman–Crippen LogP) is 4.58. The van der Waals surface area contributed by atoms with Crippen molar-refractivity contribution in [1.82, 2.24) is 15.2 Å². The van der Waals surface area contributed by atoms with Crippen LogP contribution in [0, 0.1) is 0 Å². The third kappa shape index (κ3) is 4.34. The number of carbonyl (C=O) groups excluding carboxylic acids is 2. The molecule has 0 fully saturated rings. The SMILES string of the molecule is O=C1c2ccccc2C(=O)N1CCCCNCCSc1c[nH]c2ccc(Cl)cc12. The first-order valence-corrected chi connectivity index (χ1v) is 11.1. The van der Waals surface area contributed by atoms with E-state index in [1.54, 1.807) is 36.0 Å². The highest BCUT2D eigenvalue weighted by Gasteiger charge is 2.34. The lowest BCUT2D eigenvalue weighted by Gasteiger charge is -2.13. The van der Waals surface area contributed by atoms with Crippen LogP contribution in [-0.4, -0.2) is 47.1 Å². The number of rotatable bonds is 9. The van der Waals surface area contributed by atoms with Gasteiger partial charge in [0, 0.05) is 45.9 Å². The van der Waals surface area contributed by atoms with Crippen LogP contribution in [0.5, 0.6) is 0 Å². The van der Waals surface area contributed by atoms with E-state index >= 15 is 0 Å². The molecular weight excluding hydrogens is 406 g/mol. The lowest BCUT2D eigenvalue weighted by atomic mass is 10.1. The lowest BCUT2D eigenvalue weighted by molar-refractivity contribution is 0.0651. The van der Waals surface area contributed by atoms with E-state index in [-0.39, 0.29) is 11.8 Å². The molecule has 1 aromatic heterocycles. The van der Waals surface area contributed by atoms with Gasteiger partial charge >= 0.3 is 0 Å². The summed E-state index contributed by atoms with van der Waals surface area (Å²) in [5.74, 6) is 0.611. The van der Waals surface area contributed by atoms with Gasteiger partial charge in [-0.1, -0.05) is 23.7 Å². The monoisotopic (exact) mass is 427 g/mol. The second-order valence-electron chi connectivity index (χ2n) is 6.96. The summed E-state index contributed by atoms with van der Waals surface area (Å²) in [6, 6.07) is 12.9. The number of imide groups is 1. The van der Waals surface area contributed by atoms with Gasteiger partial charge in [0.1, 0.15) is 0 Å². The van der Waals surface area contributed by atoms with E-state index in [4.69, 9.17) is 11.6 Å². The van der Waals surface area contributed by atoms with Crippen molar-refractivity contribution >= 4 is 46.1 Å². The van der Waals surface area contributed by atoms with Crippen molar-refractivity contribution in [2.45, 2.75) is 17.7 Å². The zero-order chi connectivity index (χ0) is 20.2. The van der Waals surface area contributed by atoms with E-state index in [2.05, 4.69) is 10.3 Å². The minimum absolute atomic E-state index is 0.172. The first-order chi connectivity index (χ1) is 14.1. The van der Waals surface area contributed by atoms with Gasteiger partial charge in [0.25, 0.3) is 11.8 Å². The van der Waals surface area contributed by atoms with Crippen LogP contribution >= 0.6 is 23.4 Å². The average molecular weight is 428 g/mol. The highest BCUT2D eigenvalue weighted by molar-refractivity contribution is 7.99. The molecule has 0 saturated heterocycles. The van der Waals surface area contributed by atoms with Gasteiger partial charge in [-0.05, 0) is 49.7 Å². The molecule has 2 aromatic carbocycles. The number of benzene rings is 2. The number of aromatic nitrogens is 1. The topological polar surface area (TPSA) is 65.2 Å². The van der Waals surface area contributed by atoms with Crippen molar-refractivity contribution in [3.8, 4) is 0 Å². The van der Waals surface area contributed by atoms with Crippen molar-refractivity contribution in [1.29, 1.82) is 0 Å². The molecule has 0 radical (unpaired) electrons. The molecule has 0 bridgehead atoms. The highest BCUT2D eigenvalue weighted by Crippen LogP contribution is 2.29. The first-order valence-electron chi connectivity index (χ1n) is 9.70. The van der Waals surface area contributed by atoms with Crippen LogP contribution < -0.4 is 5.32 Å². The molecule has 0 saturated carbocycles. The lowest BCUT2D eigenvalue weighted by Crippen LogP contribution is -2.31. The molecule has 29 heavy (non-hydrogen) atoms. The fourth-order valence-electron chi connectivity index (χ4n) is 3.51. The first kappa shape index (κ1) is 20.0. The molecule has 2 N–H and O–H groups in total. The van der Waals surface area contributed by atoms with Crippen LogP contribution in [0.15, 0.2) is 53.6 Å². The van der Waals surface area contributed by atoms with Gasteiger partial charge in [0.05, 0.1) is 11.1 Å². The van der Waals surface area contributed by atoms with Crippen LogP contribution in [0.3, 0.4) is 0 Å². The molecule has 0 spiro atoms. The third-order valence-electron chi connectivity index (χ3n) is 5.01. The normalized spacial score (nSPS) is 13.5. The Morgan fingerprint density at radius 2 is 1.76 bits per heavy atom. The number of hydrogen-bond donors (Lipinski definition) is 2. The zero-order valence-electron chi connectivity index (χ0n) is 15.9. The van der Waals surface area contributed by atoms with Crippen LogP contribution in [0.1, 0.15) is 33.6 Å². The number of unbranched alkanes of at least 4 members (excludes halogenated alkanes) is 1. The van der Waals surface area contributed by atoms with E-state index in [9.17, 15) is 9.59 Å². The molecule has 1 aliphatic rings. The minimum atomic E-state index is -0.172. The Morgan fingerprint density at radius 3 is 2.52 bits per heavy atom. The summed E-state index contributed by atoms with van der Waals surface area (Å²) in [4.78, 5) is 30.5. The molecule has 4 rings (SSSR count). The fraction of sp³-hybridized carbons (Fsp3) is 0.273. The number of H-pyrrole nitrogens is 1. The second kappa shape index (κ2) is 9.03. The number of aromatic amines is 1. The Morgan fingerprint density at radius 1 is 1.00 bits per heavy atom. The number of carbonyl (C=O) groups is 2. The van der Waals surface area contributed by atoms with Gasteiger partial charge in [0.2, 0.25) is 0 Å². The van der Waals surface area contributed by atoms with Crippen LogP contribution in [0.4, 0.5) is 0 Å². The van der Waals surface area contributed by atoms with E-state index in [0.29, 0.717) is 17.7 Å². The standard InChI is InChI=1S/C22H22ClN3O2S/c23-15-7-8-19-18(13-15)20(14-25-19)29-12-10-24-9-3-4-11-26-21(27)16-5-1-2-6-17(16)22(26)28/h1-2,5-8,13-14,24-25H,3-4,9-12H2. The van der Waals surface area contributed by atoms with Gasteiger partial charge in [-0.3, -0.25) is 14.5 Å². The van der Waals surface area contributed by atoms with Gasteiger partial charge in [-0.15, -0.1) is 11.8 Å². The number of fused-ring (bicyclic) bond motifs is 2. The van der Waals surface area contributed by atoms with Crippen LogP contribution in [0.25, 0.3) is 10.9 Å². The van der Waals surface area contributed by atoms with Crippen LogP contribution in [-0.2, 0) is 0 Å². The van der Waals surface area contributed by atoms with Crippen molar-refractivity contribution in [2.24, 2.45) is 0 Å². The van der Waals surface area contributed by atoms with Gasteiger partial charge < -0.3 is 10.3 Å². The van der Waals surface area contributed by atoms with E-state index in [1.165, 1.54) is 9.80 Å². The molecule has 2 heterocycles. The van der Waals surface area contributed by atoms with E-state index < -0.39 is 0 Å². The molecule has 0 aliphatic carbocycles. The molecule has 5 nitrogen and oxygen atoms in total.